The number of methoxy groups -OCH3 is 1. The van der Waals surface area contributed by atoms with Crippen molar-refractivity contribution in [1.29, 1.82) is 0 Å². The first-order valence-corrected chi connectivity index (χ1v) is 10.9. The maximum absolute atomic E-state index is 11.0. The number of aromatic nitrogens is 2. The van der Waals surface area contributed by atoms with Gasteiger partial charge in [-0.25, -0.2) is 4.52 Å². The lowest BCUT2D eigenvalue weighted by atomic mass is 10.1. The molecule has 1 aromatic heterocycles. The molecule has 160 valence electrons. The predicted octanol–water partition coefficient (Wildman–Crippen LogP) is 5.75. The second-order valence-corrected chi connectivity index (χ2v) is 7.79. The Labute approximate surface area is 189 Å². The molecular formula is C23H17ClN2O5P+. The Morgan fingerprint density at radius 2 is 1.81 bits per heavy atom. The SMILES string of the molecule is COc1ccc(C#Cc2cc3[nH]c(Oc4ccc(C)c(O[P+](=O)O)c4)nc3cc2Cl)cc1. The summed E-state index contributed by atoms with van der Waals surface area (Å²) in [4.78, 5) is 16.5. The van der Waals surface area contributed by atoms with E-state index >= 15 is 0 Å². The number of benzene rings is 3. The lowest BCUT2D eigenvalue weighted by Crippen LogP contribution is -1.89. The minimum Gasteiger partial charge on any atom is -0.497 e. The maximum atomic E-state index is 11.0. The van der Waals surface area contributed by atoms with E-state index in [1.54, 1.807) is 38.3 Å². The Balaban J connectivity index is 1.59. The zero-order chi connectivity index (χ0) is 22.7. The molecule has 0 radical (unpaired) electrons. The van der Waals surface area contributed by atoms with E-state index in [1.165, 1.54) is 6.07 Å². The van der Waals surface area contributed by atoms with E-state index in [9.17, 15) is 4.57 Å². The van der Waals surface area contributed by atoms with Gasteiger partial charge >= 0.3 is 8.25 Å². The van der Waals surface area contributed by atoms with Crippen molar-refractivity contribution in [2.24, 2.45) is 0 Å². The van der Waals surface area contributed by atoms with Crippen molar-refractivity contribution in [3.05, 3.63) is 76.3 Å². The van der Waals surface area contributed by atoms with Gasteiger partial charge in [0.1, 0.15) is 11.5 Å². The third kappa shape index (κ3) is 5.01. The summed E-state index contributed by atoms with van der Waals surface area (Å²) >= 11 is 6.39. The monoisotopic (exact) mass is 467 g/mol. The molecule has 7 nitrogen and oxygen atoms in total. The van der Waals surface area contributed by atoms with Crippen LogP contribution < -0.4 is 14.0 Å². The van der Waals surface area contributed by atoms with E-state index in [0.717, 1.165) is 11.3 Å². The molecule has 0 spiro atoms. The van der Waals surface area contributed by atoms with Crippen molar-refractivity contribution in [1.82, 2.24) is 9.97 Å². The number of hydrogen-bond acceptors (Lipinski definition) is 5. The molecule has 0 aliphatic carbocycles. The van der Waals surface area contributed by atoms with E-state index in [2.05, 4.69) is 21.8 Å². The molecule has 0 bridgehead atoms. The Hall–Kier alpha value is -3.56. The second kappa shape index (κ2) is 9.29. The van der Waals surface area contributed by atoms with Crippen molar-refractivity contribution in [3.63, 3.8) is 0 Å². The molecule has 2 N–H and O–H groups in total. The average molecular weight is 468 g/mol. The summed E-state index contributed by atoms with van der Waals surface area (Å²) in [5.74, 6) is 7.56. The van der Waals surface area contributed by atoms with E-state index in [4.69, 9.17) is 30.5 Å². The van der Waals surface area contributed by atoms with Crippen LogP contribution in [0.15, 0.2) is 54.6 Å². The summed E-state index contributed by atoms with van der Waals surface area (Å²) in [5.41, 5.74) is 3.49. The van der Waals surface area contributed by atoms with Crippen LogP contribution in [0, 0.1) is 18.8 Å². The highest BCUT2D eigenvalue weighted by molar-refractivity contribution is 7.32. The molecule has 0 amide bonds. The summed E-state index contributed by atoms with van der Waals surface area (Å²) in [6.45, 7) is 1.76. The van der Waals surface area contributed by atoms with Crippen LogP contribution in [0.3, 0.4) is 0 Å². The van der Waals surface area contributed by atoms with Crippen LogP contribution in [0.2, 0.25) is 5.02 Å². The number of imidazole rings is 1. The lowest BCUT2D eigenvalue weighted by Gasteiger charge is -2.04. The number of nitrogens with zero attached hydrogens (tertiary/aromatic N) is 1. The molecule has 3 aromatic carbocycles. The molecular weight excluding hydrogens is 451 g/mol. The van der Waals surface area contributed by atoms with Crippen LogP contribution in [-0.4, -0.2) is 22.0 Å². The fourth-order valence-corrected chi connectivity index (χ4v) is 3.47. The largest absolute Gasteiger partial charge is 0.747 e. The molecule has 0 aliphatic rings. The van der Waals surface area contributed by atoms with Crippen molar-refractivity contribution >= 4 is 30.9 Å². The predicted molar refractivity (Wildman–Crippen MR) is 122 cm³/mol. The molecule has 32 heavy (non-hydrogen) atoms. The molecule has 0 aliphatic heterocycles. The van der Waals surface area contributed by atoms with Gasteiger partial charge in [-0.05, 0) is 55.0 Å². The zero-order valence-electron chi connectivity index (χ0n) is 17.0. The third-order valence-corrected chi connectivity index (χ3v) is 5.20. The third-order valence-electron chi connectivity index (χ3n) is 4.53. The first kappa shape index (κ1) is 21.7. The van der Waals surface area contributed by atoms with Gasteiger partial charge in [-0.2, -0.15) is 4.98 Å². The van der Waals surface area contributed by atoms with Crippen molar-refractivity contribution < 1.29 is 23.5 Å². The fourth-order valence-electron chi connectivity index (χ4n) is 2.90. The van der Waals surface area contributed by atoms with E-state index in [1.807, 2.05) is 24.3 Å². The maximum Gasteiger partial charge on any atom is 0.747 e. The first-order valence-electron chi connectivity index (χ1n) is 9.39. The van der Waals surface area contributed by atoms with Crippen LogP contribution in [0.1, 0.15) is 16.7 Å². The molecule has 1 heterocycles. The van der Waals surface area contributed by atoms with Gasteiger partial charge in [0.25, 0.3) is 6.01 Å². The number of ether oxygens (including phenoxy) is 2. The molecule has 0 fully saturated rings. The van der Waals surface area contributed by atoms with Gasteiger partial charge in [0, 0.05) is 21.8 Å². The number of aryl methyl sites for hydroxylation is 1. The second-order valence-electron chi connectivity index (χ2n) is 6.73. The normalized spacial score (nSPS) is 10.9. The van der Waals surface area contributed by atoms with Crippen LogP contribution in [0.5, 0.6) is 23.3 Å². The Bertz CT molecular complexity index is 1370. The minimum absolute atomic E-state index is 0.236. The molecule has 0 saturated carbocycles. The zero-order valence-corrected chi connectivity index (χ0v) is 18.7. The Kier molecular flexibility index (Phi) is 6.29. The highest BCUT2D eigenvalue weighted by Gasteiger charge is 2.17. The number of nitrogens with one attached hydrogen (secondary N) is 1. The first-order chi connectivity index (χ1) is 15.4. The van der Waals surface area contributed by atoms with Gasteiger partial charge < -0.3 is 14.5 Å². The molecule has 1 unspecified atom stereocenters. The van der Waals surface area contributed by atoms with E-state index in [-0.39, 0.29) is 11.8 Å². The highest BCUT2D eigenvalue weighted by atomic mass is 35.5. The van der Waals surface area contributed by atoms with Gasteiger partial charge in [-0.1, -0.05) is 29.5 Å². The summed E-state index contributed by atoms with van der Waals surface area (Å²) in [5, 5.41) is 0.467. The molecule has 0 saturated heterocycles. The topological polar surface area (TPSA) is 93.7 Å². The van der Waals surface area contributed by atoms with Crippen LogP contribution >= 0.6 is 19.9 Å². The summed E-state index contributed by atoms with van der Waals surface area (Å²) in [6.07, 6.45) is 0. The molecule has 4 aromatic rings. The van der Waals surface area contributed by atoms with Gasteiger partial charge in [-0.3, -0.25) is 0 Å². The van der Waals surface area contributed by atoms with Gasteiger partial charge in [0.2, 0.25) is 0 Å². The number of hydrogen-bond donors (Lipinski definition) is 2. The van der Waals surface area contributed by atoms with E-state index < -0.39 is 8.25 Å². The van der Waals surface area contributed by atoms with Gasteiger partial charge in [-0.15, -0.1) is 4.89 Å². The smallest absolute Gasteiger partial charge is 0.497 e. The van der Waals surface area contributed by atoms with Crippen LogP contribution in [-0.2, 0) is 4.57 Å². The lowest BCUT2D eigenvalue weighted by molar-refractivity contribution is 0.406. The number of fused-ring (bicyclic) bond motifs is 1. The van der Waals surface area contributed by atoms with Crippen LogP contribution in [0.25, 0.3) is 11.0 Å². The molecule has 1 atom stereocenters. The molecule has 4 rings (SSSR count). The standard InChI is InChI=1S/C23H16ClN2O5P/c1-14-3-8-18(12-22(14)31-32(27)28)30-23-25-20-11-16(19(24)13-21(20)26-23)7-4-15-5-9-17(29-2)10-6-15/h3,5-6,8-13H,1-2H3,(H-,25,26,27,28)/p+1. The number of halogens is 1. The number of aromatic amines is 1. The van der Waals surface area contributed by atoms with Gasteiger partial charge in [0.15, 0.2) is 5.75 Å². The van der Waals surface area contributed by atoms with Crippen molar-refractivity contribution in [2.75, 3.05) is 7.11 Å². The summed E-state index contributed by atoms with van der Waals surface area (Å²) < 4.78 is 26.8. The van der Waals surface area contributed by atoms with Crippen LogP contribution in [0.4, 0.5) is 0 Å². The number of H-pyrrole nitrogens is 1. The number of rotatable bonds is 5. The quantitative estimate of drug-likeness (QED) is 0.286. The average Bonchev–Trinajstić information content (AvgIpc) is 3.15. The highest BCUT2D eigenvalue weighted by Crippen LogP contribution is 2.32. The minimum atomic E-state index is -2.77. The Morgan fingerprint density at radius 3 is 2.53 bits per heavy atom. The van der Waals surface area contributed by atoms with E-state index in [0.29, 0.717) is 32.9 Å². The summed E-state index contributed by atoms with van der Waals surface area (Å²) in [7, 11) is -1.16. The van der Waals surface area contributed by atoms with Crippen molar-refractivity contribution in [3.8, 4) is 35.1 Å². The fraction of sp³-hybridized carbons (Fsp3) is 0.0870. The van der Waals surface area contributed by atoms with Crippen molar-refractivity contribution in [2.45, 2.75) is 6.92 Å². The van der Waals surface area contributed by atoms with Gasteiger partial charge in [0.05, 0.1) is 23.2 Å². The molecule has 9 heteroatoms. The Morgan fingerprint density at radius 1 is 1.06 bits per heavy atom. The summed E-state index contributed by atoms with van der Waals surface area (Å²) in [6, 6.07) is 16.1.